The summed E-state index contributed by atoms with van der Waals surface area (Å²) < 4.78 is 5.91. The average Bonchev–Trinajstić information content (AvgIpc) is 3.18. The molecule has 0 saturated carbocycles. The van der Waals surface area contributed by atoms with Crippen LogP contribution >= 0.6 is 22.9 Å². The minimum absolute atomic E-state index is 0.121. The van der Waals surface area contributed by atoms with E-state index >= 15 is 0 Å². The highest BCUT2D eigenvalue weighted by Crippen LogP contribution is 2.44. The van der Waals surface area contributed by atoms with E-state index in [1.807, 2.05) is 47.4 Å². The van der Waals surface area contributed by atoms with Gasteiger partial charge in [-0.1, -0.05) is 23.7 Å². The van der Waals surface area contributed by atoms with Gasteiger partial charge in [0.1, 0.15) is 12.4 Å². The van der Waals surface area contributed by atoms with Gasteiger partial charge >= 0.3 is 0 Å². The van der Waals surface area contributed by atoms with Crippen molar-refractivity contribution in [3.63, 3.8) is 0 Å². The molecule has 2 aliphatic rings. The van der Waals surface area contributed by atoms with Crippen LogP contribution in [0.1, 0.15) is 20.8 Å². The number of nitrogens with zero attached hydrogens (tertiary/aromatic N) is 2. The van der Waals surface area contributed by atoms with Crippen molar-refractivity contribution in [1.82, 2.24) is 4.90 Å². The van der Waals surface area contributed by atoms with Gasteiger partial charge < -0.3 is 14.5 Å². The fraction of sp³-hybridized carbons (Fsp3) is 0.261. The van der Waals surface area contributed by atoms with E-state index in [1.165, 1.54) is 10.4 Å². The van der Waals surface area contributed by atoms with Gasteiger partial charge in [-0.2, -0.15) is 0 Å². The largest absolute Gasteiger partial charge is 0.488 e. The Morgan fingerprint density at radius 3 is 2.59 bits per heavy atom. The number of amides is 1. The van der Waals surface area contributed by atoms with Crippen LogP contribution in [0.3, 0.4) is 0 Å². The Hall–Kier alpha value is -2.50. The molecule has 1 amide bonds. The molecule has 5 rings (SSSR count). The first-order valence-electron chi connectivity index (χ1n) is 9.75. The lowest BCUT2D eigenvalue weighted by molar-refractivity contribution is 0.0751. The van der Waals surface area contributed by atoms with Crippen LogP contribution in [0.4, 0.5) is 5.69 Å². The van der Waals surface area contributed by atoms with Crippen LogP contribution in [0.5, 0.6) is 5.75 Å². The normalized spacial score (nSPS) is 15.5. The first-order valence-corrected chi connectivity index (χ1v) is 10.9. The lowest BCUT2D eigenvalue weighted by Crippen LogP contribution is -2.48. The average molecular weight is 425 g/mol. The molecule has 0 spiro atoms. The molecule has 6 heteroatoms. The zero-order chi connectivity index (χ0) is 20.0. The highest BCUT2D eigenvalue weighted by molar-refractivity contribution is 7.17. The summed E-state index contributed by atoms with van der Waals surface area (Å²) in [6, 6.07) is 16.0. The van der Waals surface area contributed by atoms with E-state index in [4.69, 9.17) is 16.3 Å². The Labute approximate surface area is 179 Å². The van der Waals surface area contributed by atoms with Crippen LogP contribution in [0.15, 0.2) is 48.5 Å². The Kier molecular flexibility index (Phi) is 4.72. The maximum Gasteiger partial charge on any atom is 0.264 e. The highest BCUT2D eigenvalue weighted by atomic mass is 35.5. The molecule has 1 saturated heterocycles. The summed E-state index contributed by atoms with van der Waals surface area (Å²) in [6.07, 6.45) is 0. The molecular formula is C23H21ClN2O2S. The van der Waals surface area contributed by atoms with Gasteiger partial charge in [-0.3, -0.25) is 4.79 Å². The van der Waals surface area contributed by atoms with E-state index in [0.717, 1.165) is 58.6 Å². The second kappa shape index (κ2) is 7.39. The molecule has 0 N–H and O–H groups in total. The molecular weight excluding hydrogens is 404 g/mol. The molecule has 0 aliphatic carbocycles. The Balaban J connectivity index is 1.33. The summed E-state index contributed by atoms with van der Waals surface area (Å²) in [5, 5.41) is 0.741. The van der Waals surface area contributed by atoms with Crippen molar-refractivity contribution in [2.75, 3.05) is 31.1 Å². The van der Waals surface area contributed by atoms with Crippen molar-refractivity contribution in [2.45, 2.75) is 13.5 Å². The highest BCUT2D eigenvalue weighted by Gasteiger charge is 2.27. The number of ether oxygens (including phenoxy) is 1. The topological polar surface area (TPSA) is 32.8 Å². The first kappa shape index (κ1) is 18.5. The van der Waals surface area contributed by atoms with E-state index in [1.54, 1.807) is 11.3 Å². The van der Waals surface area contributed by atoms with Gasteiger partial charge in [-0.05, 0) is 48.9 Å². The number of carbonyl (C=O) groups excluding carboxylic acids is 1. The fourth-order valence-corrected chi connectivity index (χ4v) is 5.41. The predicted octanol–water partition coefficient (Wildman–Crippen LogP) is 5.23. The molecule has 0 atom stereocenters. The van der Waals surface area contributed by atoms with E-state index in [-0.39, 0.29) is 5.91 Å². The molecule has 3 aromatic rings. The number of anilines is 1. The summed E-state index contributed by atoms with van der Waals surface area (Å²) in [5.41, 5.74) is 4.57. The predicted molar refractivity (Wildman–Crippen MR) is 118 cm³/mol. The van der Waals surface area contributed by atoms with E-state index in [9.17, 15) is 4.79 Å². The van der Waals surface area contributed by atoms with Crippen molar-refractivity contribution in [1.29, 1.82) is 0 Å². The molecule has 4 nitrogen and oxygen atoms in total. The molecule has 0 bridgehead atoms. The minimum atomic E-state index is 0.121. The summed E-state index contributed by atoms with van der Waals surface area (Å²) >= 11 is 7.58. The molecule has 2 aliphatic heterocycles. The van der Waals surface area contributed by atoms with Gasteiger partial charge in [0.15, 0.2) is 0 Å². The zero-order valence-electron chi connectivity index (χ0n) is 16.2. The van der Waals surface area contributed by atoms with Gasteiger partial charge in [0.25, 0.3) is 5.91 Å². The molecule has 2 aromatic carbocycles. The van der Waals surface area contributed by atoms with E-state index in [0.29, 0.717) is 6.61 Å². The zero-order valence-corrected chi connectivity index (χ0v) is 17.7. The third kappa shape index (κ3) is 3.38. The fourth-order valence-electron chi connectivity index (χ4n) is 4.04. The summed E-state index contributed by atoms with van der Waals surface area (Å²) in [5.74, 6) is 1.03. The summed E-state index contributed by atoms with van der Waals surface area (Å²) in [6.45, 7) is 5.70. The number of hydrogen-bond donors (Lipinski definition) is 0. The van der Waals surface area contributed by atoms with Gasteiger partial charge in [-0.15, -0.1) is 11.3 Å². The maximum atomic E-state index is 13.2. The number of piperazine rings is 1. The van der Waals surface area contributed by atoms with Crippen molar-refractivity contribution < 1.29 is 9.53 Å². The molecule has 0 unspecified atom stereocenters. The van der Waals surface area contributed by atoms with Crippen LogP contribution in [0.2, 0.25) is 5.02 Å². The molecule has 0 radical (unpaired) electrons. The van der Waals surface area contributed by atoms with Gasteiger partial charge in [-0.25, -0.2) is 0 Å². The molecule has 29 heavy (non-hydrogen) atoms. The standard InChI is InChI=1S/C23H21ClN2O2S/c1-15-3-2-4-19-21(15)22-16(14-28-19)13-20(29-22)23(27)26-11-9-25(10-12-26)18-7-5-17(24)6-8-18/h2-8,13H,9-12,14H2,1H3. The van der Waals surface area contributed by atoms with Crippen LogP contribution in [-0.2, 0) is 6.61 Å². The monoisotopic (exact) mass is 424 g/mol. The van der Waals surface area contributed by atoms with Crippen molar-refractivity contribution in [3.8, 4) is 16.2 Å². The van der Waals surface area contributed by atoms with Crippen molar-refractivity contribution >= 4 is 34.5 Å². The Morgan fingerprint density at radius 1 is 1.07 bits per heavy atom. The molecule has 3 heterocycles. The van der Waals surface area contributed by atoms with Crippen molar-refractivity contribution in [3.05, 3.63) is 69.6 Å². The molecule has 148 valence electrons. The second-order valence-electron chi connectivity index (χ2n) is 7.46. The van der Waals surface area contributed by atoms with Crippen LogP contribution in [0, 0.1) is 6.92 Å². The first-order chi connectivity index (χ1) is 14.1. The number of fused-ring (bicyclic) bond motifs is 3. The van der Waals surface area contributed by atoms with E-state index in [2.05, 4.69) is 17.9 Å². The number of rotatable bonds is 2. The number of hydrogen-bond acceptors (Lipinski definition) is 4. The minimum Gasteiger partial charge on any atom is -0.488 e. The summed E-state index contributed by atoms with van der Waals surface area (Å²) in [7, 11) is 0. The molecule has 1 aromatic heterocycles. The van der Waals surface area contributed by atoms with Crippen LogP contribution in [0.25, 0.3) is 10.4 Å². The second-order valence-corrected chi connectivity index (χ2v) is 8.95. The van der Waals surface area contributed by atoms with Gasteiger partial charge in [0, 0.05) is 52.9 Å². The van der Waals surface area contributed by atoms with Gasteiger partial charge in [0.05, 0.1) is 4.88 Å². The number of benzene rings is 2. The smallest absolute Gasteiger partial charge is 0.264 e. The van der Waals surface area contributed by atoms with Crippen LogP contribution in [-0.4, -0.2) is 37.0 Å². The number of halogens is 1. The Bertz CT molecular complexity index is 1070. The van der Waals surface area contributed by atoms with Gasteiger partial charge in [0.2, 0.25) is 0 Å². The third-order valence-corrected chi connectivity index (χ3v) is 7.06. The molecule has 1 fully saturated rings. The maximum absolute atomic E-state index is 13.2. The van der Waals surface area contributed by atoms with E-state index < -0.39 is 0 Å². The number of thiophene rings is 1. The number of carbonyl (C=O) groups is 1. The number of aryl methyl sites for hydroxylation is 1. The lowest BCUT2D eigenvalue weighted by atomic mass is 10.0. The quantitative estimate of drug-likeness (QED) is 0.564. The van der Waals surface area contributed by atoms with Crippen LogP contribution < -0.4 is 9.64 Å². The van der Waals surface area contributed by atoms with Crippen molar-refractivity contribution in [2.24, 2.45) is 0 Å². The SMILES string of the molecule is Cc1cccc2c1-c1sc(C(=O)N3CCN(c4ccc(Cl)cc4)CC3)cc1CO2. The summed E-state index contributed by atoms with van der Waals surface area (Å²) in [4.78, 5) is 19.4. The Morgan fingerprint density at radius 2 is 1.83 bits per heavy atom. The third-order valence-electron chi connectivity index (χ3n) is 5.62. The lowest BCUT2D eigenvalue weighted by Gasteiger charge is -2.36.